The molecule has 7 atom stereocenters. The fourth-order valence-electron chi connectivity index (χ4n) is 4.40. The Morgan fingerprint density at radius 1 is 1.28 bits per heavy atom. The number of rotatable bonds is 7. The van der Waals surface area contributed by atoms with Crippen LogP contribution in [0.1, 0.15) is 40.5 Å². The molecule has 8 heteroatoms. The van der Waals surface area contributed by atoms with E-state index >= 15 is 0 Å². The maximum absolute atomic E-state index is 11.6. The molecule has 3 heterocycles. The van der Waals surface area contributed by atoms with Crippen molar-refractivity contribution >= 4 is 5.78 Å². The predicted octanol–water partition coefficient (Wildman–Crippen LogP) is 1.68. The van der Waals surface area contributed by atoms with Crippen LogP contribution in [0.25, 0.3) is 0 Å². The van der Waals surface area contributed by atoms with Crippen LogP contribution in [0.2, 0.25) is 0 Å². The SMILES string of the molecule is C=C(C(C)=O)/C(O)=C(\C)[C@H](CCO)O[C@H]1CC2C(OC3C(C)OCCN23)C(C)O1. The Bertz CT molecular complexity index is 663. The molecule has 3 rings (SSSR count). The van der Waals surface area contributed by atoms with E-state index in [0.29, 0.717) is 18.6 Å². The number of morpholine rings is 1. The molecule has 3 fully saturated rings. The molecule has 0 saturated carbocycles. The van der Waals surface area contributed by atoms with Crippen LogP contribution in [0, 0.1) is 0 Å². The summed E-state index contributed by atoms with van der Waals surface area (Å²) < 4.78 is 24.2. The van der Waals surface area contributed by atoms with Gasteiger partial charge in [-0.25, -0.2) is 0 Å². The maximum Gasteiger partial charge on any atom is 0.162 e. The first-order chi connectivity index (χ1) is 13.7. The fraction of sp³-hybridized carbons (Fsp3) is 0.762. The second-order valence-electron chi connectivity index (χ2n) is 8.08. The van der Waals surface area contributed by atoms with Gasteiger partial charge in [0.25, 0.3) is 0 Å². The van der Waals surface area contributed by atoms with Crippen molar-refractivity contribution in [3.05, 3.63) is 23.5 Å². The van der Waals surface area contributed by atoms with Gasteiger partial charge in [0.15, 0.2) is 12.1 Å². The fourth-order valence-corrected chi connectivity index (χ4v) is 4.40. The molecule has 3 aliphatic heterocycles. The minimum Gasteiger partial charge on any atom is -0.507 e. The summed E-state index contributed by atoms with van der Waals surface area (Å²) in [7, 11) is 0. The zero-order chi connectivity index (χ0) is 21.3. The van der Waals surface area contributed by atoms with Crippen molar-refractivity contribution in [1.82, 2.24) is 4.90 Å². The monoisotopic (exact) mass is 411 g/mol. The third kappa shape index (κ3) is 4.57. The molecule has 29 heavy (non-hydrogen) atoms. The Labute approximate surface area is 172 Å². The summed E-state index contributed by atoms with van der Waals surface area (Å²) in [5.74, 6) is -0.505. The van der Waals surface area contributed by atoms with E-state index in [2.05, 4.69) is 11.5 Å². The molecule has 3 aliphatic rings. The third-order valence-corrected chi connectivity index (χ3v) is 6.10. The lowest BCUT2D eigenvalue weighted by Crippen LogP contribution is -2.54. The number of hydrogen-bond acceptors (Lipinski definition) is 8. The molecule has 0 aliphatic carbocycles. The third-order valence-electron chi connectivity index (χ3n) is 6.10. The van der Waals surface area contributed by atoms with Crippen LogP contribution in [0.3, 0.4) is 0 Å². The summed E-state index contributed by atoms with van der Waals surface area (Å²) in [6.45, 7) is 12.0. The van der Waals surface area contributed by atoms with Crippen molar-refractivity contribution < 1.29 is 34.0 Å². The zero-order valence-corrected chi connectivity index (χ0v) is 17.7. The Hall–Kier alpha value is -1.29. The van der Waals surface area contributed by atoms with Crippen molar-refractivity contribution in [1.29, 1.82) is 0 Å². The molecule has 0 spiro atoms. The quantitative estimate of drug-likeness (QED) is 0.371. The number of carbonyl (C=O) groups excluding carboxylic acids is 1. The lowest BCUT2D eigenvalue weighted by Gasteiger charge is -2.41. The highest BCUT2D eigenvalue weighted by atomic mass is 16.7. The van der Waals surface area contributed by atoms with Crippen LogP contribution >= 0.6 is 0 Å². The summed E-state index contributed by atoms with van der Waals surface area (Å²) in [6, 6.07) is 0.153. The standard InChI is InChI=1S/C21H33NO7/c1-11(13(3)24)19(25)12(2)17(6-8-23)28-18-10-16-20(14(4)27-18)29-21-15(5)26-9-7-22(16)21/h14-18,20-21,23,25H,1,6-10H2,2-5H3/b19-12-/t14?,15?,16?,17-,18-,20?,21?/m0/s1. The van der Waals surface area contributed by atoms with Crippen LogP contribution < -0.4 is 0 Å². The summed E-state index contributed by atoms with van der Waals surface area (Å²) in [5, 5.41) is 19.9. The molecule has 164 valence electrons. The summed E-state index contributed by atoms with van der Waals surface area (Å²) in [4.78, 5) is 13.9. The number of aliphatic hydroxyl groups excluding tert-OH is 2. The number of nitrogens with zero attached hydrogens (tertiary/aromatic N) is 1. The normalized spacial score (nSPS) is 36.7. The van der Waals surface area contributed by atoms with Gasteiger partial charge in [0, 0.05) is 32.0 Å². The van der Waals surface area contributed by atoms with Crippen molar-refractivity contribution in [2.24, 2.45) is 0 Å². The molecule has 0 bridgehead atoms. The van der Waals surface area contributed by atoms with Gasteiger partial charge in [-0.1, -0.05) is 6.58 Å². The van der Waals surface area contributed by atoms with Crippen molar-refractivity contribution in [3.8, 4) is 0 Å². The highest BCUT2D eigenvalue weighted by molar-refractivity contribution is 5.96. The van der Waals surface area contributed by atoms with Crippen LogP contribution in [0.15, 0.2) is 23.5 Å². The van der Waals surface area contributed by atoms with Gasteiger partial charge in [0.1, 0.15) is 18.1 Å². The van der Waals surface area contributed by atoms with E-state index < -0.39 is 12.4 Å². The largest absolute Gasteiger partial charge is 0.507 e. The number of carbonyl (C=O) groups is 1. The van der Waals surface area contributed by atoms with Crippen LogP contribution in [-0.2, 0) is 23.7 Å². The first kappa shape index (κ1) is 22.4. The Balaban J connectivity index is 1.73. The molecule has 8 nitrogen and oxygen atoms in total. The van der Waals surface area contributed by atoms with E-state index in [0.717, 1.165) is 6.54 Å². The average molecular weight is 411 g/mol. The molecule has 3 saturated heterocycles. The van der Waals surface area contributed by atoms with Gasteiger partial charge in [-0.05, 0) is 33.3 Å². The van der Waals surface area contributed by atoms with Gasteiger partial charge in [0.05, 0.1) is 30.5 Å². The van der Waals surface area contributed by atoms with E-state index in [4.69, 9.17) is 18.9 Å². The second-order valence-corrected chi connectivity index (χ2v) is 8.08. The van der Waals surface area contributed by atoms with Crippen molar-refractivity contribution in [2.45, 2.75) is 83.5 Å². The average Bonchev–Trinajstić information content (AvgIpc) is 3.06. The van der Waals surface area contributed by atoms with Crippen molar-refractivity contribution in [2.75, 3.05) is 19.8 Å². The van der Waals surface area contributed by atoms with Gasteiger partial charge in [-0.3, -0.25) is 9.69 Å². The van der Waals surface area contributed by atoms with E-state index in [1.165, 1.54) is 6.92 Å². The van der Waals surface area contributed by atoms with E-state index in [-0.39, 0.29) is 60.7 Å². The minimum absolute atomic E-state index is 0.00257. The number of fused-ring (bicyclic) bond motifs is 3. The van der Waals surface area contributed by atoms with E-state index in [1.54, 1.807) is 6.92 Å². The maximum atomic E-state index is 11.6. The lowest BCUT2D eigenvalue weighted by molar-refractivity contribution is -0.236. The van der Waals surface area contributed by atoms with E-state index in [1.807, 2.05) is 13.8 Å². The smallest absolute Gasteiger partial charge is 0.162 e. The number of ketones is 1. The molecule has 0 aromatic heterocycles. The topological polar surface area (TPSA) is 97.7 Å². The Morgan fingerprint density at radius 3 is 2.66 bits per heavy atom. The Kier molecular flexibility index (Phi) is 7.14. The van der Waals surface area contributed by atoms with Gasteiger partial charge in [-0.2, -0.15) is 0 Å². The second kappa shape index (κ2) is 9.24. The number of allylic oxidation sites excluding steroid dienone is 1. The summed E-state index contributed by atoms with van der Waals surface area (Å²) >= 11 is 0. The number of hydrogen-bond donors (Lipinski definition) is 2. The van der Waals surface area contributed by atoms with Crippen LogP contribution in [0.4, 0.5) is 0 Å². The van der Waals surface area contributed by atoms with Crippen LogP contribution in [-0.4, -0.2) is 83.6 Å². The van der Waals surface area contributed by atoms with Gasteiger partial charge in [-0.15, -0.1) is 0 Å². The molecule has 0 radical (unpaired) electrons. The Morgan fingerprint density at radius 2 is 2.00 bits per heavy atom. The lowest BCUT2D eigenvalue weighted by atomic mass is 9.98. The number of Topliss-reactive ketones (excluding diaryl/α,β-unsaturated/α-hetero) is 1. The first-order valence-electron chi connectivity index (χ1n) is 10.3. The van der Waals surface area contributed by atoms with E-state index in [9.17, 15) is 15.0 Å². The minimum atomic E-state index is -0.591. The van der Waals surface area contributed by atoms with Gasteiger partial charge in [0.2, 0.25) is 0 Å². The molecule has 2 N–H and O–H groups in total. The van der Waals surface area contributed by atoms with Crippen LogP contribution in [0.5, 0.6) is 0 Å². The summed E-state index contributed by atoms with van der Waals surface area (Å²) in [6.07, 6.45) is -0.523. The first-order valence-corrected chi connectivity index (χ1v) is 10.3. The summed E-state index contributed by atoms with van der Waals surface area (Å²) in [5.41, 5.74) is 0.486. The molecule has 0 aromatic carbocycles. The molecule has 0 aromatic rings. The highest BCUT2D eigenvalue weighted by Crippen LogP contribution is 2.38. The zero-order valence-electron chi connectivity index (χ0n) is 17.7. The number of ether oxygens (including phenoxy) is 4. The highest BCUT2D eigenvalue weighted by Gasteiger charge is 2.52. The van der Waals surface area contributed by atoms with Crippen molar-refractivity contribution in [3.63, 3.8) is 0 Å². The van der Waals surface area contributed by atoms with Gasteiger partial charge < -0.3 is 29.2 Å². The molecule has 5 unspecified atom stereocenters. The van der Waals surface area contributed by atoms with Gasteiger partial charge >= 0.3 is 0 Å². The molecular weight excluding hydrogens is 378 g/mol. The number of aliphatic hydroxyl groups is 2. The predicted molar refractivity (Wildman–Crippen MR) is 105 cm³/mol. The molecular formula is C21H33NO7. The molecule has 0 amide bonds.